The summed E-state index contributed by atoms with van der Waals surface area (Å²) in [4.78, 5) is 0. The monoisotopic (exact) mass is 592 g/mol. The van der Waals surface area contributed by atoms with E-state index in [2.05, 4.69) is 85.5 Å². The fourth-order valence-corrected chi connectivity index (χ4v) is 37.4. The van der Waals surface area contributed by atoms with Gasteiger partial charge in [-0.15, -0.1) is 0 Å². The molecule has 1 nitrogen and oxygen atoms in total. The lowest BCUT2D eigenvalue weighted by atomic mass is 10.9. The van der Waals surface area contributed by atoms with Crippen LogP contribution in [0.15, 0.2) is 0 Å². The van der Waals surface area contributed by atoms with E-state index in [0.717, 1.165) is 6.61 Å². The zero-order valence-electron chi connectivity index (χ0n) is 26.3. The molecule has 0 fully saturated rings. The molecule has 0 aliphatic rings. The standard InChI is InChI=1S/C26H68OSi7/c1-14-27-34(24-21-31(8,9)18-15-28(2)3,25-22-32(10,11)19-16-29(4)5)26-23-33(12,13)20-17-30(6)7/h28-30H,14-26H2,1-13H3. The molecule has 8 heteroatoms. The summed E-state index contributed by atoms with van der Waals surface area (Å²) < 4.78 is 7.02. The third-order valence-electron chi connectivity index (χ3n) is 8.42. The first-order valence-electron chi connectivity index (χ1n) is 15.1. The molecule has 34 heavy (non-hydrogen) atoms. The summed E-state index contributed by atoms with van der Waals surface area (Å²) in [5.41, 5.74) is 0. The molecular formula is C26H68OSi7. The van der Waals surface area contributed by atoms with E-state index in [9.17, 15) is 0 Å². The van der Waals surface area contributed by atoms with E-state index in [4.69, 9.17) is 4.43 Å². The van der Waals surface area contributed by atoms with Crippen molar-refractivity contribution >= 4 is 58.9 Å². The number of hydrogen-bond donors (Lipinski definition) is 0. The largest absolute Gasteiger partial charge is 0.417 e. The molecule has 0 bridgehead atoms. The van der Waals surface area contributed by atoms with Gasteiger partial charge in [-0.3, -0.25) is 0 Å². The normalized spacial score (nSPS) is 14.1. The number of hydrogen-bond acceptors (Lipinski definition) is 1. The van der Waals surface area contributed by atoms with E-state index in [-0.39, 0.29) is 0 Å². The Bertz CT molecular complexity index is 464. The van der Waals surface area contributed by atoms with Crippen molar-refractivity contribution in [3.8, 4) is 0 Å². The van der Waals surface area contributed by atoms with Crippen LogP contribution < -0.4 is 0 Å². The lowest BCUT2D eigenvalue weighted by molar-refractivity contribution is 0.320. The Balaban J connectivity index is 5.54. The van der Waals surface area contributed by atoms with Crippen molar-refractivity contribution < 1.29 is 4.43 Å². The minimum atomic E-state index is -1.66. The van der Waals surface area contributed by atoms with Crippen molar-refractivity contribution in [1.29, 1.82) is 0 Å². The summed E-state index contributed by atoms with van der Waals surface area (Å²) in [5.74, 6) is 0. The molecular weight excluding hydrogens is 525 g/mol. The first-order chi connectivity index (χ1) is 15.4. The van der Waals surface area contributed by atoms with Crippen LogP contribution in [-0.2, 0) is 4.43 Å². The van der Waals surface area contributed by atoms with Crippen LogP contribution in [0.25, 0.3) is 0 Å². The highest BCUT2D eigenvalue weighted by Gasteiger charge is 2.40. The minimum Gasteiger partial charge on any atom is -0.417 e. The van der Waals surface area contributed by atoms with Crippen LogP contribution in [0.2, 0.25) is 151 Å². The average Bonchev–Trinajstić information content (AvgIpc) is 2.71. The molecule has 0 rings (SSSR count). The van der Waals surface area contributed by atoms with Crippen LogP contribution in [0.4, 0.5) is 0 Å². The molecule has 206 valence electrons. The lowest BCUT2D eigenvalue weighted by Crippen LogP contribution is -2.44. The molecule has 0 amide bonds. The van der Waals surface area contributed by atoms with Gasteiger partial charge in [0.05, 0.1) is 0 Å². The maximum atomic E-state index is 7.02. The Morgan fingerprint density at radius 2 is 0.706 bits per heavy atom. The third kappa shape index (κ3) is 17.9. The SMILES string of the molecule is CCO[Si](CC[Si](C)(C)CC[SiH](C)C)(CC[Si](C)(C)CC[SiH](C)C)CC[Si](C)(C)CC[SiH](C)C. The molecule has 0 saturated carbocycles. The second-order valence-electron chi connectivity index (χ2n) is 15.4. The van der Waals surface area contributed by atoms with Crippen molar-refractivity contribution in [3.63, 3.8) is 0 Å². The van der Waals surface area contributed by atoms with Crippen molar-refractivity contribution in [3.05, 3.63) is 0 Å². The first kappa shape index (κ1) is 35.5. The van der Waals surface area contributed by atoms with Gasteiger partial charge in [-0.25, -0.2) is 0 Å². The van der Waals surface area contributed by atoms with E-state index < -0.39 is 58.9 Å². The van der Waals surface area contributed by atoms with Gasteiger partial charge in [-0.05, 0) is 25.1 Å². The zero-order valence-corrected chi connectivity index (χ0v) is 33.8. The molecule has 0 atom stereocenters. The summed E-state index contributed by atoms with van der Waals surface area (Å²) in [6.07, 6.45) is 0. The summed E-state index contributed by atoms with van der Waals surface area (Å²) in [6, 6.07) is 18.5. The third-order valence-corrected chi connectivity index (χ3v) is 30.1. The summed E-state index contributed by atoms with van der Waals surface area (Å²) in [5, 5.41) is 0. The quantitative estimate of drug-likeness (QED) is 0.128. The van der Waals surface area contributed by atoms with Crippen molar-refractivity contribution in [2.24, 2.45) is 0 Å². The van der Waals surface area contributed by atoms with Gasteiger partial charge in [0.2, 0.25) is 0 Å². The van der Waals surface area contributed by atoms with Crippen molar-refractivity contribution in [2.75, 3.05) is 6.61 Å². The van der Waals surface area contributed by atoms with Gasteiger partial charge in [0, 0.05) is 57.2 Å². The zero-order chi connectivity index (χ0) is 26.6. The Labute approximate surface area is 227 Å². The summed E-state index contributed by atoms with van der Waals surface area (Å²) in [7, 11) is -6.20. The van der Waals surface area contributed by atoms with Crippen LogP contribution in [0, 0.1) is 0 Å². The molecule has 0 aromatic heterocycles. The molecule has 0 spiro atoms. The number of rotatable bonds is 20. The van der Waals surface area contributed by atoms with Crippen LogP contribution in [0.1, 0.15) is 6.92 Å². The highest BCUT2D eigenvalue weighted by atomic mass is 28.4. The molecule has 0 N–H and O–H groups in total. The van der Waals surface area contributed by atoms with Gasteiger partial charge in [0.25, 0.3) is 0 Å². The average molecular weight is 593 g/mol. The van der Waals surface area contributed by atoms with E-state index in [1.807, 2.05) is 0 Å². The van der Waals surface area contributed by atoms with Gasteiger partial charge in [0.1, 0.15) is 0 Å². The van der Waals surface area contributed by atoms with Gasteiger partial charge in [-0.1, -0.05) is 133 Å². The van der Waals surface area contributed by atoms with Gasteiger partial charge in [0.15, 0.2) is 8.32 Å². The second-order valence-corrected chi connectivity index (χ2v) is 45.6. The predicted molar refractivity (Wildman–Crippen MR) is 184 cm³/mol. The molecule has 0 aliphatic heterocycles. The Morgan fingerprint density at radius 1 is 0.441 bits per heavy atom. The fraction of sp³-hybridized carbons (Fsp3) is 1.00. The highest BCUT2D eigenvalue weighted by molar-refractivity contribution is 6.86. The molecule has 0 saturated heterocycles. The smallest absolute Gasteiger partial charge is 0.191 e. The highest BCUT2D eigenvalue weighted by Crippen LogP contribution is 2.37. The second kappa shape index (κ2) is 16.4. The van der Waals surface area contributed by atoms with Gasteiger partial charge >= 0.3 is 0 Å². The van der Waals surface area contributed by atoms with Crippen LogP contribution in [0.5, 0.6) is 0 Å². The molecule has 0 radical (unpaired) electrons. The molecule has 0 aromatic carbocycles. The lowest BCUT2D eigenvalue weighted by Gasteiger charge is -2.38. The molecule has 0 aliphatic carbocycles. The molecule has 0 heterocycles. The minimum absolute atomic E-state index is 0.424. The van der Waals surface area contributed by atoms with E-state index in [1.165, 1.54) is 18.1 Å². The maximum Gasteiger partial charge on any atom is 0.191 e. The van der Waals surface area contributed by atoms with Crippen LogP contribution in [-0.4, -0.2) is 65.5 Å². The Hall–Kier alpha value is 1.48. The Kier molecular flexibility index (Phi) is 17.2. The van der Waals surface area contributed by atoms with Gasteiger partial charge < -0.3 is 4.43 Å². The maximum absolute atomic E-state index is 7.02. The topological polar surface area (TPSA) is 9.23 Å². The molecule has 0 unspecified atom stereocenters. The Morgan fingerprint density at radius 3 is 0.912 bits per heavy atom. The van der Waals surface area contributed by atoms with E-state index >= 15 is 0 Å². The first-order valence-corrected chi connectivity index (χ1v) is 37.2. The van der Waals surface area contributed by atoms with Crippen molar-refractivity contribution in [2.45, 2.75) is 158 Å². The van der Waals surface area contributed by atoms with E-state index in [1.54, 1.807) is 54.4 Å². The van der Waals surface area contributed by atoms with Crippen molar-refractivity contribution in [1.82, 2.24) is 0 Å². The molecule has 0 aromatic rings. The van der Waals surface area contributed by atoms with Crippen LogP contribution in [0.3, 0.4) is 0 Å². The fourth-order valence-electron chi connectivity index (χ4n) is 5.01. The van der Waals surface area contributed by atoms with E-state index in [0.29, 0.717) is 0 Å². The summed E-state index contributed by atoms with van der Waals surface area (Å²) in [6.45, 7) is 34.7. The van der Waals surface area contributed by atoms with Gasteiger partial charge in [-0.2, -0.15) is 0 Å². The predicted octanol–water partition coefficient (Wildman–Crippen LogP) is 9.55. The summed E-state index contributed by atoms with van der Waals surface area (Å²) >= 11 is 0. The van der Waals surface area contributed by atoms with Crippen LogP contribution >= 0.6 is 0 Å².